The maximum absolute atomic E-state index is 6.11. The van der Waals surface area contributed by atoms with Crippen LogP contribution in [0.4, 0.5) is 17.1 Å². The van der Waals surface area contributed by atoms with Gasteiger partial charge in [-0.3, -0.25) is 0 Å². The molecule has 50 heavy (non-hydrogen) atoms. The van der Waals surface area contributed by atoms with Gasteiger partial charge in [0.2, 0.25) is 0 Å². The fraction of sp³-hybridized carbons (Fsp3) is 0. The van der Waals surface area contributed by atoms with Gasteiger partial charge in [-0.1, -0.05) is 127 Å². The molecule has 0 amide bonds. The highest BCUT2D eigenvalue weighted by molar-refractivity contribution is 6.20. The number of rotatable bonds is 5. The Kier molecular flexibility index (Phi) is 6.53. The van der Waals surface area contributed by atoms with E-state index in [2.05, 4.69) is 181 Å². The molecule has 10 aromatic rings. The van der Waals surface area contributed by atoms with Crippen LogP contribution in [-0.2, 0) is 0 Å². The van der Waals surface area contributed by atoms with Crippen molar-refractivity contribution >= 4 is 71.3 Å². The summed E-state index contributed by atoms with van der Waals surface area (Å²) in [7, 11) is 0. The van der Waals surface area contributed by atoms with E-state index < -0.39 is 0 Å². The van der Waals surface area contributed by atoms with Crippen molar-refractivity contribution in [3.05, 3.63) is 188 Å². The zero-order valence-electron chi connectivity index (χ0n) is 27.3. The predicted octanol–water partition coefficient (Wildman–Crippen LogP) is 13.8. The summed E-state index contributed by atoms with van der Waals surface area (Å²) in [5.41, 5.74) is 9.85. The quantitative estimate of drug-likeness (QED) is 0.175. The minimum Gasteiger partial charge on any atom is -0.456 e. The lowest BCUT2D eigenvalue weighted by Crippen LogP contribution is -2.09. The van der Waals surface area contributed by atoms with E-state index in [-0.39, 0.29) is 0 Å². The molecule has 0 saturated heterocycles. The maximum atomic E-state index is 6.11. The Bertz CT molecular complexity index is 2860. The van der Waals surface area contributed by atoms with Crippen LogP contribution >= 0.6 is 0 Å². The first-order valence-electron chi connectivity index (χ1n) is 17.1. The van der Waals surface area contributed by atoms with E-state index in [4.69, 9.17) is 4.42 Å². The van der Waals surface area contributed by atoms with Crippen molar-refractivity contribution in [2.75, 3.05) is 4.90 Å². The highest BCUT2D eigenvalue weighted by Gasteiger charge is 2.15. The van der Waals surface area contributed by atoms with Crippen LogP contribution in [0.5, 0.6) is 0 Å². The largest absolute Gasteiger partial charge is 0.456 e. The second-order valence-electron chi connectivity index (χ2n) is 13.0. The second kappa shape index (κ2) is 11.5. The third-order valence-electron chi connectivity index (χ3n) is 10.0. The molecule has 0 bridgehead atoms. The smallest absolute Gasteiger partial charge is 0.135 e. The summed E-state index contributed by atoms with van der Waals surface area (Å²) in [4.78, 5) is 2.33. The highest BCUT2D eigenvalue weighted by atomic mass is 16.3. The van der Waals surface area contributed by atoms with Crippen molar-refractivity contribution in [3.8, 4) is 22.3 Å². The van der Waals surface area contributed by atoms with Crippen LogP contribution in [0, 0.1) is 0 Å². The molecule has 0 spiro atoms. The summed E-state index contributed by atoms with van der Waals surface area (Å²) < 4.78 is 6.11. The Balaban J connectivity index is 1.05. The van der Waals surface area contributed by atoms with Gasteiger partial charge in [0.25, 0.3) is 0 Å². The summed E-state index contributed by atoms with van der Waals surface area (Å²) >= 11 is 0. The lowest BCUT2D eigenvalue weighted by molar-refractivity contribution is 0.669. The van der Waals surface area contributed by atoms with Gasteiger partial charge in [-0.25, -0.2) is 0 Å². The molecule has 0 aliphatic rings. The fourth-order valence-electron chi connectivity index (χ4n) is 7.56. The van der Waals surface area contributed by atoms with E-state index in [9.17, 15) is 0 Å². The number of hydrogen-bond donors (Lipinski definition) is 0. The van der Waals surface area contributed by atoms with Gasteiger partial charge in [-0.05, 0) is 115 Å². The number of hydrogen-bond acceptors (Lipinski definition) is 2. The molecule has 2 heteroatoms. The Morgan fingerprint density at radius 2 is 0.860 bits per heavy atom. The molecule has 0 aliphatic carbocycles. The molecular weight excluding hydrogens is 607 g/mol. The minimum atomic E-state index is 0.907. The number of benzene rings is 9. The number of fused-ring (bicyclic) bond motifs is 8. The second-order valence-corrected chi connectivity index (χ2v) is 13.0. The summed E-state index contributed by atoms with van der Waals surface area (Å²) in [6.45, 7) is 0. The monoisotopic (exact) mass is 637 g/mol. The molecule has 0 unspecified atom stereocenters. The third-order valence-corrected chi connectivity index (χ3v) is 10.0. The van der Waals surface area contributed by atoms with Gasteiger partial charge in [0, 0.05) is 27.8 Å². The van der Waals surface area contributed by atoms with E-state index in [0.29, 0.717) is 0 Å². The standard InChI is InChI=1S/C48H31NO/c1-2-11-39(12-3-1)49(41-13-8-10-36(29-41)38-25-28-47-45(31-38)43-15-6-7-16-46(43)50-47)40-26-23-32(24-27-40)37-22-19-34-18-21-35-20-17-33-9-4-5-14-42(33)48(35)44(34)30-37/h1-31H. The Morgan fingerprint density at radius 3 is 1.72 bits per heavy atom. The van der Waals surface area contributed by atoms with E-state index in [1.165, 1.54) is 43.4 Å². The first-order valence-corrected chi connectivity index (χ1v) is 17.1. The summed E-state index contributed by atoms with van der Waals surface area (Å²) in [5.74, 6) is 0. The van der Waals surface area contributed by atoms with Crippen LogP contribution < -0.4 is 4.90 Å². The van der Waals surface area contributed by atoms with Gasteiger partial charge in [0.1, 0.15) is 11.2 Å². The lowest BCUT2D eigenvalue weighted by atomic mass is 9.94. The summed E-state index contributed by atoms with van der Waals surface area (Å²) in [6, 6.07) is 67.6. The normalized spacial score (nSPS) is 11.6. The van der Waals surface area contributed by atoms with Crippen LogP contribution in [0.3, 0.4) is 0 Å². The van der Waals surface area contributed by atoms with Gasteiger partial charge in [0.05, 0.1) is 0 Å². The molecule has 0 radical (unpaired) electrons. The van der Waals surface area contributed by atoms with Crippen LogP contribution in [0.25, 0.3) is 76.5 Å². The van der Waals surface area contributed by atoms with E-state index in [1.54, 1.807) is 0 Å². The lowest BCUT2D eigenvalue weighted by Gasteiger charge is -2.26. The molecule has 1 aromatic heterocycles. The zero-order chi connectivity index (χ0) is 33.0. The molecule has 234 valence electrons. The molecule has 0 atom stereocenters. The molecule has 10 rings (SSSR count). The molecule has 9 aromatic carbocycles. The van der Waals surface area contributed by atoms with Gasteiger partial charge >= 0.3 is 0 Å². The van der Waals surface area contributed by atoms with Crippen LogP contribution in [0.2, 0.25) is 0 Å². The minimum absolute atomic E-state index is 0.907. The average Bonchev–Trinajstić information content (AvgIpc) is 3.56. The summed E-state index contributed by atoms with van der Waals surface area (Å²) in [5, 5.41) is 9.95. The fourth-order valence-corrected chi connectivity index (χ4v) is 7.56. The average molecular weight is 638 g/mol. The molecule has 1 heterocycles. The molecule has 0 fully saturated rings. The van der Waals surface area contributed by atoms with Crippen molar-refractivity contribution in [2.24, 2.45) is 0 Å². The molecule has 2 nitrogen and oxygen atoms in total. The molecule has 0 saturated carbocycles. The topological polar surface area (TPSA) is 16.4 Å². The number of furan rings is 1. The third kappa shape index (κ3) is 4.73. The molecule has 0 N–H and O–H groups in total. The highest BCUT2D eigenvalue weighted by Crippen LogP contribution is 2.40. The van der Waals surface area contributed by atoms with Crippen molar-refractivity contribution in [3.63, 3.8) is 0 Å². The van der Waals surface area contributed by atoms with E-state index in [0.717, 1.165) is 50.1 Å². The zero-order valence-corrected chi connectivity index (χ0v) is 27.3. The maximum Gasteiger partial charge on any atom is 0.135 e. The van der Waals surface area contributed by atoms with Crippen LogP contribution in [-0.4, -0.2) is 0 Å². The summed E-state index contributed by atoms with van der Waals surface area (Å²) in [6.07, 6.45) is 0. The van der Waals surface area contributed by atoms with E-state index >= 15 is 0 Å². The Hall–Kier alpha value is -6.64. The Morgan fingerprint density at radius 1 is 0.300 bits per heavy atom. The number of para-hydroxylation sites is 2. The van der Waals surface area contributed by atoms with Crippen molar-refractivity contribution in [1.29, 1.82) is 0 Å². The van der Waals surface area contributed by atoms with Gasteiger partial charge in [0.15, 0.2) is 0 Å². The van der Waals surface area contributed by atoms with Crippen molar-refractivity contribution in [1.82, 2.24) is 0 Å². The first-order chi connectivity index (χ1) is 24.8. The van der Waals surface area contributed by atoms with E-state index in [1.807, 2.05) is 12.1 Å². The van der Waals surface area contributed by atoms with Crippen molar-refractivity contribution < 1.29 is 4.42 Å². The van der Waals surface area contributed by atoms with Gasteiger partial charge in [-0.15, -0.1) is 0 Å². The first kappa shape index (κ1) is 28.4. The van der Waals surface area contributed by atoms with Gasteiger partial charge in [-0.2, -0.15) is 0 Å². The van der Waals surface area contributed by atoms with Crippen molar-refractivity contribution in [2.45, 2.75) is 0 Å². The van der Waals surface area contributed by atoms with Gasteiger partial charge < -0.3 is 9.32 Å². The SMILES string of the molecule is c1ccc(N(c2ccc(-c3ccc4ccc5ccc6ccccc6c5c4c3)cc2)c2cccc(-c3ccc4oc5ccccc5c4c3)c2)cc1. The van der Waals surface area contributed by atoms with Crippen LogP contribution in [0.1, 0.15) is 0 Å². The molecular formula is C48H31NO. The number of anilines is 3. The Labute approximate surface area is 290 Å². The van der Waals surface area contributed by atoms with Crippen LogP contribution in [0.15, 0.2) is 192 Å². The predicted molar refractivity (Wildman–Crippen MR) is 212 cm³/mol. The molecule has 0 aliphatic heterocycles. The number of nitrogens with zero attached hydrogens (tertiary/aromatic N) is 1.